The minimum absolute atomic E-state index is 0.0653. The SMILES string of the molecule is CC[C@]1(c2cccc(-c3ccn(C)n3)c2)C2=C(CC(C)(C)CC2=O)NC2N=NC(C)=C21. The van der Waals surface area contributed by atoms with Gasteiger partial charge in [-0.3, -0.25) is 9.48 Å². The van der Waals surface area contributed by atoms with Gasteiger partial charge in [-0.15, -0.1) is 0 Å². The quantitative estimate of drug-likeness (QED) is 0.763. The van der Waals surface area contributed by atoms with Crippen molar-refractivity contribution in [1.82, 2.24) is 15.1 Å². The van der Waals surface area contributed by atoms with Crippen LogP contribution in [0.1, 0.15) is 52.5 Å². The lowest BCUT2D eigenvalue weighted by Gasteiger charge is -2.48. The van der Waals surface area contributed by atoms with E-state index in [2.05, 4.69) is 65.7 Å². The van der Waals surface area contributed by atoms with Gasteiger partial charge in [0.05, 0.1) is 16.8 Å². The number of fused-ring (bicyclic) bond motifs is 1. The molecule has 1 aromatic heterocycles. The summed E-state index contributed by atoms with van der Waals surface area (Å²) in [5.74, 6) is 0.231. The van der Waals surface area contributed by atoms with Gasteiger partial charge in [-0.25, -0.2) is 0 Å². The number of carbonyl (C=O) groups excluding carboxylic acids is 1. The summed E-state index contributed by atoms with van der Waals surface area (Å²) in [5.41, 5.74) is 6.47. The summed E-state index contributed by atoms with van der Waals surface area (Å²) in [7, 11) is 1.92. The number of nitrogens with zero attached hydrogens (tertiary/aromatic N) is 4. The lowest BCUT2D eigenvalue weighted by molar-refractivity contribution is -0.119. The van der Waals surface area contributed by atoms with Crippen molar-refractivity contribution in [3.63, 3.8) is 0 Å². The van der Waals surface area contributed by atoms with E-state index in [0.29, 0.717) is 6.42 Å². The number of nitrogens with one attached hydrogen (secondary N) is 1. The number of allylic oxidation sites excluding steroid dienone is 3. The van der Waals surface area contributed by atoms with Gasteiger partial charge in [0.25, 0.3) is 0 Å². The normalized spacial score (nSPS) is 26.7. The first-order chi connectivity index (χ1) is 14.7. The lowest BCUT2D eigenvalue weighted by atomic mass is 9.58. The molecule has 1 N–H and O–H groups in total. The van der Waals surface area contributed by atoms with Crippen molar-refractivity contribution in [3.05, 3.63) is 64.6 Å². The smallest absolute Gasteiger partial charge is 0.165 e. The number of hydrogen-bond acceptors (Lipinski definition) is 5. The molecular formula is C25H29N5O. The molecule has 0 spiro atoms. The molecule has 0 saturated carbocycles. The van der Waals surface area contributed by atoms with Crippen LogP contribution >= 0.6 is 0 Å². The van der Waals surface area contributed by atoms with Crippen LogP contribution in [0.25, 0.3) is 11.3 Å². The average Bonchev–Trinajstić information content (AvgIpc) is 3.31. The number of azo groups is 1. The fraction of sp³-hybridized carbons (Fsp3) is 0.440. The number of aryl methyl sites for hydroxylation is 1. The Labute approximate surface area is 183 Å². The minimum atomic E-state index is -0.531. The predicted molar refractivity (Wildman–Crippen MR) is 120 cm³/mol. The van der Waals surface area contributed by atoms with Crippen LogP contribution in [0, 0.1) is 5.41 Å². The number of hydrogen-bond donors (Lipinski definition) is 1. The lowest BCUT2D eigenvalue weighted by Crippen LogP contribution is -2.51. The van der Waals surface area contributed by atoms with E-state index in [1.807, 2.05) is 30.9 Å². The molecule has 3 aliphatic rings. The summed E-state index contributed by atoms with van der Waals surface area (Å²) in [4.78, 5) is 13.6. The van der Waals surface area contributed by atoms with Gasteiger partial charge in [-0.05, 0) is 42.9 Å². The van der Waals surface area contributed by atoms with Crippen LogP contribution in [-0.2, 0) is 17.3 Å². The van der Waals surface area contributed by atoms with Crippen LogP contribution in [0.2, 0.25) is 0 Å². The standard InChI is InChI=1S/C25H29N5O/c1-6-25(17-9-7-8-16(12-17)18-10-11-30(5)29-18)21-15(2)27-28-23(21)26-19-13-24(3,4)14-20(31)22(19)25/h7-12,23,26H,6,13-14H2,1-5H3/t23?,25-/m1/s1. The maximum absolute atomic E-state index is 13.6. The molecule has 0 radical (unpaired) electrons. The first kappa shape index (κ1) is 19.9. The maximum Gasteiger partial charge on any atom is 0.165 e. The average molecular weight is 416 g/mol. The van der Waals surface area contributed by atoms with Crippen molar-refractivity contribution < 1.29 is 4.79 Å². The van der Waals surface area contributed by atoms with E-state index in [0.717, 1.165) is 52.2 Å². The van der Waals surface area contributed by atoms with Crippen LogP contribution in [0.3, 0.4) is 0 Å². The third-order valence-electron chi connectivity index (χ3n) is 6.95. The van der Waals surface area contributed by atoms with Gasteiger partial charge in [-0.1, -0.05) is 39.0 Å². The van der Waals surface area contributed by atoms with Gasteiger partial charge >= 0.3 is 0 Å². The predicted octanol–water partition coefficient (Wildman–Crippen LogP) is 5.05. The van der Waals surface area contributed by atoms with Crippen molar-refractivity contribution in [1.29, 1.82) is 0 Å². The number of carbonyl (C=O) groups is 1. The molecule has 3 heterocycles. The van der Waals surface area contributed by atoms with Gasteiger partial charge in [0.1, 0.15) is 0 Å². The van der Waals surface area contributed by atoms with E-state index >= 15 is 0 Å². The fourth-order valence-electron chi connectivity index (χ4n) is 5.72. The minimum Gasteiger partial charge on any atom is -0.362 e. The van der Waals surface area contributed by atoms with Gasteiger partial charge in [0.2, 0.25) is 0 Å². The van der Waals surface area contributed by atoms with Gasteiger partial charge in [0.15, 0.2) is 11.9 Å². The summed E-state index contributed by atoms with van der Waals surface area (Å²) in [6, 6.07) is 10.5. The first-order valence-corrected chi connectivity index (χ1v) is 11.0. The van der Waals surface area contributed by atoms with Crippen LogP contribution in [0.4, 0.5) is 0 Å². The van der Waals surface area contributed by atoms with E-state index in [4.69, 9.17) is 0 Å². The van der Waals surface area contributed by atoms with Crippen molar-refractivity contribution >= 4 is 5.78 Å². The molecule has 1 unspecified atom stereocenters. The van der Waals surface area contributed by atoms with E-state index in [9.17, 15) is 4.79 Å². The van der Waals surface area contributed by atoms with E-state index in [-0.39, 0.29) is 17.4 Å². The van der Waals surface area contributed by atoms with Crippen molar-refractivity contribution in [2.75, 3.05) is 0 Å². The van der Waals surface area contributed by atoms with Gasteiger partial charge in [0, 0.05) is 42.1 Å². The zero-order valence-electron chi connectivity index (χ0n) is 18.9. The second-order valence-electron chi connectivity index (χ2n) is 9.77. The largest absolute Gasteiger partial charge is 0.362 e. The maximum atomic E-state index is 13.6. The molecule has 1 aromatic carbocycles. The molecule has 0 fully saturated rings. The van der Waals surface area contributed by atoms with Crippen molar-refractivity contribution in [2.45, 2.75) is 58.5 Å². The Morgan fingerprint density at radius 2 is 2.03 bits per heavy atom. The topological polar surface area (TPSA) is 71.6 Å². The summed E-state index contributed by atoms with van der Waals surface area (Å²) < 4.78 is 1.81. The molecule has 160 valence electrons. The van der Waals surface area contributed by atoms with E-state index in [1.54, 1.807) is 0 Å². The number of rotatable bonds is 3. The highest BCUT2D eigenvalue weighted by Gasteiger charge is 2.53. The highest BCUT2D eigenvalue weighted by molar-refractivity contribution is 6.01. The van der Waals surface area contributed by atoms with Crippen molar-refractivity contribution in [3.8, 4) is 11.3 Å². The summed E-state index contributed by atoms with van der Waals surface area (Å²) in [5, 5.41) is 17.1. The molecule has 31 heavy (non-hydrogen) atoms. The number of Topliss-reactive ketones (excluding diaryl/α,β-unsaturated/α-hetero) is 1. The highest BCUT2D eigenvalue weighted by atomic mass is 16.1. The van der Waals surface area contributed by atoms with Crippen LogP contribution < -0.4 is 5.32 Å². The summed E-state index contributed by atoms with van der Waals surface area (Å²) >= 11 is 0. The Bertz CT molecular complexity index is 1180. The third kappa shape index (κ3) is 2.92. The summed E-state index contributed by atoms with van der Waals surface area (Å²) in [6.45, 7) is 8.51. The second kappa shape index (κ2) is 6.74. The van der Waals surface area contributed by atoms with Crippen LogP contribution in [-0.4, -0.2) is 21.7 Å². The molecule has 6 nitrogen and oxygen atoms in total. The molecule has 0 bridgehead atoms. The number of benzene rings is 1. The molecule has 5 rings (SSSR count). The number of ketones is 1. The zero-order chi connectivity index (χ0) is 22.0. The highest BCUT2D eigenvalue weighted by Crippen LogP contribution is 2.55. The van der Waals surface area contributed by atoms with E-state index < -0.39 is 5.41 Å². The monoisotopic (exact) mass is 415 g/mol. The molecule has 1 aliphatic carbocycles. The Balaban J connectivity index is 1.77. The van der Waals surface area contributed by atoms with Gasteiger partial charge in [-0.2, -0.15) is 15.3 Å². The molecule has 2 atom stereocenters. The molecular weight excluding hydrogens is 386 g/mol. The number of aromatic nitrogens is 2. The van der Waals surface area contributed by atoms with Crippen molar-refractivity contribution in [2.24, 2.45) is 22.7 Å². The van der Waals surface area contributed by atoms with E-state index in [1.165, 1.54) is 0 Å². The third-order valence-corrected chi connectivity index (χ3v) is 6.95. The van der Waals surface area contributed by atoms with Crippen LogP contribution in [0.15, 0.2) is 69.3 Å². The first-order valence-electron chi connectivity index (χ1n) is 11.0. The Morgan fingerprint density at radius 3 is 2.74 bits per heavy atom. The molecule has 0 saturated heterocycles. The summed E-state index contributed by atoms with van der Waals surface area (Å²) in [6.07, 6.45) is 3.92. The Kier molecular flexibility index (Phi) is 4.33. The zero-order valence-corrected chi connectivity index (χ0v) is 18.9. The second-order valence-corrected chi connectivity index (χ2v) is 9.77. The van der Waals surface area contributed by atoms with Crippen LogP contribution in [0.5, 0.6) is 0 Å². The molecule has 0 amide bonds. The fourth-order valence-corrected chi connectivity index (χ4v) is 5.72. The molecule has 2 aliphatic heterocycles. The Hall–Kier alpha value is -3.02. The Morgan fingerprint density at radius 1 is 1.23 bits per heavy atom. The molecule has 6 heteroatoms. The van der Waals surface area contributed by atoms with Gasteiger partial charge < -0.3 is 5.32 Å². The molecule has 2 aromatic rings.